The molecule has 2 amide bonds. The van der Waals surface area contributed by atoms with Gasteiger partial charge in [0, 0.05) is 100 Å². The smallest absolute Gasteiger partial charge is 0.312 e. The Hall–Kier alpha value is -6.04. The van der Waals surface area contributed by atoms with E-state index in [4.69, 9.17) is 21.1 Å². The zero-order valence-corrected chi connectivity index (χ0v) is 37.7. The molecule has 4 heterocycles. The van der Waals surface area contributed by atoms with Gasteiger partial charge in [-0.25, -0.2) is 22.5 Å². The van der Waals surface area contributed by atoms with Gasteiger partial charge in [0.2, 0.25) is 5.91 Å². The zero-order chi connectivity index (χ0) is 45.8. The predicted molar refractivity (Wildman–Crippen MR) is 243 cm³/mol. The SMILES string of the molecule is CC(=O)N1CCC(F)(COc2ccc(S(=O)(=O)NC(=O)c3ccc(N4CCN(C/C(C)=C(/CC(C)C)c5ccc(Cl)cc5)CC4)cc3Oc3cnc4[nH]ccc4c3)cc2[N+](=O)[O-])CC1. The third-order valence-electron chi connectivity index (χ3n) is 11.6. The maximum absolute atomic E-state index is 15.5. The highest BCUT2D eigenvalue weighted by atomic mass is 35.5. The lowest BCUT2D eigenvalue weighted by Crippen LogP contribution is -2.47. The van der Waals surface area contributed by atoms with Crippen molar-refractivity contribution in [3.63, 3.8) is 0 Å². The van der Waals surface area contributed by atoms with Crippen LogP contribution in [0.4, 0.5) is 15.8 Å². The van der Waals surface area contributed by atoms with Crippen LogP contribution in [-0.2, 0) is 14.8 Å². The fraction of sp³-hybridized carbons (Fsp3) is 0.370. The first-order valence-electron chi connectivity index (χ1n) is 21.1. The topological polar surface area (TPSA) is 180 Å². The second kappa shape index (κ2) is 19.4. The summed E-state index contributed by atoms with van der Waals surface area (Å²) in [4.78, 5) is 49.7. The number of ether oxygens (including phenoxy) is 2. The number of alkyl halides is 1. The molecule has 15 nitrogen and oxygen atoms in total. The van der Waals surface area contributed by atoms with E-state index in [2.05, 4.69) is 52.7 Å². The molecular weight excluding hydrogens is 865 g/mol. The number of benzene rings is 3. The van der Waals surface area contributed by atoms with Gasteiger partial charge >= 0.3 is 5.69 Å². The minimum Gasteiger partial charge on any atom is -0.483 e. The lowest BCUT2D eigenvalue weighted by molar-refractivity contribution is -0.386. The van der Waals surface area contributed by atoms with E-state index in [1.165, 1.54) is 40.8 Å². The number of H-pyrrole nitrogens is 1. The number of aromatic amines is 1. The summed E-state index contributed by atoms with van der Waals surface area (Å²) >= 11 is 6.19. The van der Waals surface area contributed by atoms with Crippen LogP contribution in [0.25, 0.3) is 16.6 Å². The number of nitrogens with zero attached hydrogens (tertiary/aromatic N) is 5. The van der Waals surface area contributed by atoms with Gasteiger partial charge in [0.15, 0.2) is 5.75 Å². The van der Waals surface area contributed by atoms with Crippen molar-refractivity contribution in [2.75, 3.05) is 57.3 Å². The van der Waals surface area contributed by atoms with Crippen LogP contribution in [0.15, 0.2) is 95.7 Å². The van der Waals surface area contributed by atoms with Crippen LogP contribution in [0.3, 0.4) is 0 Å². The quantitative estimate of drug-likeness (QED) is 0.0761. The Morgan fingerprint density at radius 2 is 1.69 bits per heavy atom. The molecule has 0 saturated carbocycles. The third-order valence-corrected chi connectivity index (χ3v) is 13.2. The molecule has 18 heteroatoms. The molecule has 3 aromatic carbocycles. The molecule has 0 radical (unpaired) electrons. The highest BCUT2D eigenvalue weighted by molar-refractivity contribution is 7.90. The van der Waals surface area contributed by atoms with Gasteiger partial charge < -0.3 is 24.3 Å². The second-order valence-electron chi connectivity index (χ2n) is 16.8. The average Bonchev–Trinajstić information content (AvgIpc) is 3.73. The normalized spacial score (nSPS) is 16.1. The molecule has 0 unspecified atom stereocenters. The number of likely N-dealkylation sites (tertiary alicyclic amines) is 1. The van der Waals surface area contributed by atoms with Gasteiger partial charge in [0.25, 0.3) is 15.9 Å². The maximum Gasteiger partial charge on any atom is 0.312 e. The summed E-state index contributed by atoms with van der Waals surface area (Å²) in [6.07, 6.45) is 4.11. The molecule has 2 aromatic heterocycles. The fourth-order valence-corrected chi connectivity index (χ4v) is 9.13. The van der Waals surface area contributed by atoms with Crippen molar-refractivity contribution in [2.24, 2.45) is 5.92 Å². The number of pyridine rings is 1. The van der Waals surface area contributed by atoms with Crippen LogP contribution in [-0.4, -0.2) is 103 Å². The minimum atomic E-state index is -4.70. The lowest BCUT2D eigenvalue weighted by atomic mass is 9.92. The molecule has 2 aliphatic rings. The van der Waals surface area contributed by atoms with Crippen LogP contribution in [0.1, 0.15) is 62.9 Å². The number of rotatable bonds is 15. The highest BCUT2D eigenvalue weighted by Gasteiger charge is 2.37. The van der Waals surface area contributed by atoms with E-state index >= 15 is 4.39 Å². The molecule has 0 bridgehead atoms. The summed E-state index contributed by atoms with van der Waals surface area (Å²) in [5, 5.41) is 13.6. The number of piperazine rings is 1. The van der Waals surface area contributed by atoms with E-state index in [9.17, 15) is 28.1 Å². The third kappa shape index (κ3) is 11.0. The number of aromatic nitrogens is 2. The van der Waals surface area contributed by atoms with Crippen LogP contribution >= 0.6 is 11.6 Å². The van der Waals surface area contributed by atoms with Crippen LogP contribution in [0.5, 0.6) is 17.2 Å². The predicted octanol–water partition coefficient (Wildman–Crippen LogP) is 8.41. The number of carbonyl (C=O) groups excluding carboxylic acids is 2. The van der Waals surface area contributed by atoms with Gasteiger partial charge in [-0.2, -0.15) is 0 Å². The van der Waals surface area contributed by atoms with E-state index < -0.39 is 43.7 Å². The van der Waals surface area contributed by atoms with Crippen molar-refractivity contribution in [1.82, 2.24) is 24.5 Å². The van der Waals surface area contributed by atoms with E-state index in [-0.39, 0.29) is 48.9 Å². The van der Waals surface area contributed by atoms with Crippen LogP contribution < -0.4 is 19.1 Å². The summed E-state index contributed by atoms with van der Waals surface area (Å²) in [5.74, 6) is -0.726. The van der Waals surface area contributed by atoms with Crippen molar-refractivity contribution >= 4 is 61.4 Å². The van der Waals surface area contributed by atoms with Gasteiger partial charge in [0.05, 0.1) is 21.6 Å². The molecule has 7 rings (SSSR count). The Bertz CT molecular complexity index is 2680. The Morgan fingerprint density at radius 1 is 0.969 bits per heavy atom. The molecule has 2 saturated heterocycles. The number of amides is 2. The van der Waals surface area contributed by atoms with E-state index in [1.54, 1.807) is 24.4 Å². The molecule has 0 aliphatic carbocycles. The monoisotopic (exact) mass is 915 g/mol. The standard InChI is InChI=1S/C46H51ClFN7O8S/c1-30(2)23-40(33-5-7-35(47)8-6-33)31(3)28-52-19-21-54(22-20-52)36-9-11-39(43(25-36)63-37-24-34-13-16-49-44(34)50-27-37)45(57)51-64(60,61)38-10-12-42(41(26-38)55(58)59)62-29-46(48)14-17-53(18-15-46)32(4)56/h5-13,16,24-27,30H,14-15,17-23,28-29H2,1-4H3,(H,49,50)(H,51,57)/b40-31-. The Morgan fingerprint density at radius 3 is 2.36 bits per heavy atom. The van der Waals surface area contributed by atoms with Crippen molar-refractivity contribution in [1.29, 1.82) is 0 Å². The Kier molecular flexibility index (Phi) is 13.9. The van der Waals surface area contributed by atoms with Gasteiger partial charge in [-0.3, -0.25) is 24.6 Å². The summed E-state index contributed by atoms with van der Waals surface area (Å²) in [6.45, 7) is 11.5. The molecular formula is C46H51ClFN7O8S. The number of nitro groups is 1. The number of nitrogens with one attached hydrogen (secondary N) is 2. The number of hydrogen-bond donors (Lipinski definition) is 2. The van der Waals surface area contributed by atoms with Gasteiger partial charge in [-0.1, -0.05) is 43.2 Å². The molecule has 338 valence electrons. The molecule has 0 atom stereocenters. The Labute approximate surface area is 376 Å². The van der Waals surface area contributed by atoms with Crippen molar-refractivity contribution in [2.45, 2.75) is 57.5 Å². The fourth-order valence-electron chi connectivity index (χ4n) is 8.01. The molecule has 2 N–H and O–H groups in total. The van der Waals surface area contributed by atoms with Crippen molar-refractivity contribution in [3.05, 3.63) is 117 Å². The number of hydrogen-bond acceptors (Lipinski definition) is 11. The average molecular weight is 916 g/mol. The summed E-state index contributed by atoms with van der Waals surface area (Å²) in [6, 6.07) is 19.3. The number of nitro benzene ring substituents is 1. The number of carbonyl (C=O) groups is 2. The minimum absolute atomic E-state index is 0.0250. The van der Waals surface area contributed by atoms with Crippen LogP contribution in [0, 0.1) is 16.0 Å². The largest absolute Gasteiger partial charge is 0.483 e. The molecule has 64 heavy (non-hydrogen) atoms. The first-order chi connectivity index (χ1) is 30.5. The zero-order valence-electron chi connectivity index (χ0n) is 36.1. The first-order valence-corrected chi connectivity index (χ1v) is 22.9. The van der Waals surface area contributed by atoms with Gasteiger partial charge in [0.1, 0.15) is 29.4 Å². The highest BCUT2D eigenvalue weighted by Crippen LogP contribution is 2.36. The van der Waals surface area contributed by atoms with Crippen LogP contribution in [0.2, 0.25) is 5.02 Å². The second-order valence-corrected chi connectivity index (χ2v) is 18.9. The molecule has 2 fully saturated rings. The number of piperidine rings is 1. The number of anilines is 1. The first kappa shape index (κ1) is 46.0. The van der Waals surface area contributed by atoms with E-state index in [0.29, 0.717) is 35.4 Å². The lowest BCUT2D eigenvalue weighted by Gasteiger charge is -2.37. The maximum atomic E-state index is 15.5. The molecule has 5 aromatic rings. The Balaban J connectivity index is 1.08. The number of allylic oxidation sites excluding steroid dienone is 1. The summed E-state index contributed by atoms with van der Waals surface area (Å²) < 4.78 is 56.7. The summed E-state index contributed by atoms with van der Waals surface area (Å²) in [5.41, 5.74) is 2.47. The van der Waals surface area contributed by atoms with Crippen molar-refractivity contribution < 1.29 is 36.8 Å². The number of sulfonamides is 1. The number of fused-ring (bicyclic) bond motifs is 1. The van der Waals surface area contributed by atoms with Crippen molar-refractivity contribution in [3.8, 4) is 17.2 Å². The van der Waals surface area contributed by atoms with E-state index in [0.717, 1.165) is 55.3 Å². The molecule has 2 aliphatic heterocycles. The van der Waals surface area contributed by atoms with Gasteiger partial charge in [-0.15, -0.1) is 0 Å². The number of halogens is 2. The summed E-state index contributed by atoms with van der Waals surface area (Å²) in [7, 11) is -4.70. The van der Waals surface area contributed by atoms with Gasteiger partial charge in [-0.05, 0) is 78.9 Å². The molecule has 0 spiro atoms. The van der Waals surface area contributed by atoms with E-state index in [1.807, 2.05) is 22.9 Å².